The van der Waals surface area contributed by atoms with Crippen LogP contribution in [0.1, 0.15) is 22.3 Å². The van der Waals surface area contributed by atoms with Gasteiger partial charge in [-0.1, -0.05) is 72.8 Å². The zero-order valence-electron chi connectivity index (χ0n) is 19.1. The Labute approximate surface area is 213 Å². The first-order chi connectivity index (χ1) is 17.6. The first kappa shape index (κ1) is 23.5. The fourth-order valence-electron chi connectivity index (χ4n) is 5.49. The van der Waals surface area contributed by atoms with Crippen LogP contribution in [-0.2, 0) is 25.9 Å². The number of benzene rings is 5. The van der Waals surface area contributed by atoms with Gasteiger partial charge in [0, 0.05) is 0 Å². The summed E-state index contributed by atoms with van der Waals surface area (Å²) in [4.78, 5) is -0.925. The monoisotopic (exact) mass is 532 g/mol. The van der Waals surface area contributed by atoms with Crippen LogP contribution in [0.5, 0.6) is 0 Å². The van der Waals surface area contributed by atoms with Crippen LogP contribution in [0.15, 0.2) is 119 Å². The smallest absolute Gasteiger partial charge is 0.189 e. The van der Waals surface area contributed by atoms with E-state index in [4.69, 9.17) is 0 Å². The molecule has 8 heteroatoms. The predicted molar refractivity (Wildman–Crippen MR) is 138 cm³/mol. The predicted octanol–water partition coefficient (Wildman–Crippen LogP) is 6.52. The van der Waals surface area contributed by atoms with Crippen LogP contribution in [0.3, 0.4) is 0 Å². The van der Waals surface area contributed by atoms with E-state index in [1.165, 1.54) is 24.3 Å². The summed E-state index contributed by atoms with van der Waals surface area (Å²) in [6.07, 6.45) is 0. The van der Waals surface area contributed by atoms with Crippen molar-refractivity contribution in [3.05, 3.63) is 131 Å². The molecule has 0 unspecified atom stereocenters. The quantitative estimate of drug-likeness (QED) is 0.243. The minimum Gasteiger partial charge on any atom is -0.189 e. The summed E-state index contributed by atoms with van der Waals surface area (Å²) in [5.41, 5.74) is 3.97. The van der Waals surface area contributed by atoms with Crippen molar-refractivity contribution in [2.24, 2.45) is 0 Å². The minimum atomic E-state index is -4.91. The molecule has 6 rings (SSSR count). The number of halogens is 2. The van der Waals surface area contributed by atoms with Crippen molar-refractivity contribution in [2.75, 3.05) is 0 Å². The Morgan fingerprint density at radius 1 is 0.486 bits per heavy atom. The fraction of sp³-hybridized carbons (Fsp3) is 0.0345. The Kier molecular flexibility index (Phi) is 5.12. The maximum atomic E-state index is 13.7. The number of hydrogen-bond donors (Lipinski definition) is 0. The van der Waals surface area contributed by atoms with E-state index >= 15 is 0 Å². The van der Waals surface area contributed by atoms with E-state index in [1.54, 1.807) is 24.3 Å². The molecule has 0 aromatic heterocycles. The third kappa shape index (κ3) is 3.59. The van der Waals surface area contributed by atoms with Gasteiger partial charge >= 0.3 is 20.4 Å². The molecule has 0 spiro atoms. The number of hydrogen-bond acceptors (Lipinski definition) is 4. The van der Waals surface area contributed by atoms with Gasteiger partial charge in [0.05, 0.1) is 15.2 Å². The summed E-state index contributed by atoms with van der Waals surface area (Å²) in [7, 11) is -9.82. The van der Waals surface area contributed by atoms with E-state index in [9.17, 15) is 24.6 Å². The lowest BCUT2D eigenvalue weighted by Crippen LogP contribution is -2.28. The number of rotatable bonds is 4. The molecule has 5 aromatic rings. The summed E-state index contributed by atoms with van der Waals surface area (Å²) < 4.78 is 73.6. The SMILES string of the molecule is O=S(=O)(F)c1ccc(C2(c3ccc(S(=O)(=O)F)cc3)c3ccccc3-c3cc4ccccc4cc32)cc1. The van der Waals surface area contributed by atoms with Crippen molar-refractivity contribution in [1.82, 2.24) is 0 Å². The van der Waals surface area contributed by atoms with Gasteiger partial charge in [-0.25, -0.2) is 0 Å². The van der Waals surface area contributed by atoms with Crippen molar-refractivity contribution < 1.29 is 24.6 Å². The van der Waals surface area contributed by atoms with E-state index in [1.807, 2.05) is 48.5 Å². The summed E-state index contributed by atoms with van der Waals surface area (Å²) in [6.45, 7) is 0. The third-order valence-corrected chi connectivity index (χ3v) is 8.72. The molecule has 0 radical (unpaired) electrons. The molecule has 1 aliphatic rings. The summed E-state index contributed by atoms with van der Waals surface area (Å²) in [6, 6.07) is 30.9. The van der Waals surface area contributed by atoms with Crippen LogP contribution in [0, 0.1) is 0 Å². The summed E-state index contributed by atoms with van der Waals surface area (Å²) in [5.74, 6) is 0. The van der Waals surface area contributed by atoms with Gasteiger partial charge in [-0.05, 0) is 80.6 Å². The summed E-state index contributed by atoms with van der Waals surface area (Å²) >= 11 is 0. The van der Waals surface area contributed by atoms with E-state index in [2.05, 4.69) is 12.1 Å². The highest BCUT2D eigenvalue weighted by atomic mass is 32.3. The van der Waals surface area contributed by atoms with E-state index < -0.39 is 35.7 Å². The average Bonchev–Trinajstić information content (AvgIpc) is 3.17. The van der Waals surface area contributed by atoms with Crippen LogP contribution in [0.4, 0.5) is 7.77 Å². The molecule has 0 N–H and O–H groups in total. The lowest BCUT2D eigenvalue weighted by atomic mass is 9.67. The molecule has 37 heavy (non-hydrogen) atoms. The molecular weight excluding hydrogens is 514 g/mol. The zero-order chi connectivity index (χ0) is 26.0. The van der Waals surface area contributed by atoms with Gasteiger partial charge in [-0.2, -0.15) is 16.8 Å². The van der Waals surface area contributed by atoms with E-state index in [0.717, 1.165) is 33.0 Å². The molecule has 4 nitrogen and oxygen atoms in total. The molecule has 0 saturated carbocycles. The maximum absolute atomic E-state index is 13.7. The van der Waals surface area contributed by atoms with Gasteiger partial charge in [-0.15, -0.1) is 7.77 Å². The standard InChI is InChI=1S/C29H18F2O4S2/c30-36(32,33)23-13-9-21(10-14-23)29(22-11-15-24(16-12-22)37(31,34)35)27-8-4-3-7-25(27)26-17-19-5-1-2-6-20(19)18-28(26)29/h1-18H. The third-order valence-electron chi connectivity index (χ3n) is 7.05. The van der Waals surface area contributed by atoms with Crippen molar-refractivity contribution in [3.8, 4) is 11.1 Å². The normalized spacial score (nSPS) is 14.3. The van der Waals surface area contributed by atoms with Crippen LogP contribution >= 0.6 is 0 Å². The van der Waals surface area contributed by atoms with Gasteiger partial charge in [0.25, 0.3) is 0 Å². The molecule has 0 atom stereocenters. The van der Waals surface area contributed by atoms with Crippen molar-refractivity contribution >= 4 is 31.2 Å². The highest BCUT2D eigenvalue weighted by Crippen LogP contribution is 2.56. The molecule has 0 bridgehead atoms. The molecule has 0 aliphatic heterocycles. The summed E-state index contributed by atoms with van der Waals surface area (Å²) in [5, 5.41) is 2.01. The molecule has 1 aliphatic carbocycles. The molecule has 0 fully saturated rings. The molecule has 184 valence electrons. The lowest BCUT2D eigenvalue weighted by Gasteiger charge is -2.34. The second-order valence-electron chi connectivity index (χ2n) is 8.96. The van der Waals surface area contributed by atoms with Crippen molar-refractivity contribution in [3.63, 3.8) is 0 Å². The lowest BCUT2D eigenvalue weighted by molar-refractivity contribution is 0.550. The minimum absolute atomic E-state index is 0.463. The average molecular weight is 533 g/mol. The Hall–Kier alpha value is -3.88. The second kappa shape index (κ2) is 8.06. The van der Waals surface area contributed by atoms with Gasteiger partial charge in [0.1, 0.15) is 0 Å². The molecule has 0 amide bonds. The molecular formula is C29H18F2O4S2. The van der Waals surface area contributed by atoms with Gasteiger partial charge in [0.2, 0.25) is 0 Å². The van der Waals surface area contributed by atoms with Crippen molar-refractivity contribution in [1.29, 1.82) is 0 Å². The molecule has 0 saturated heterocycles. The molecule has 5 aromatic carbocycles. The van der Waals surface area contributed by atoms with Crippen LogP contribution < -0.4 is 0 Å². The molecule has 0 heterocycles. The van der Waals surface area contributed by atoms with Gasteiger partial charge in [-0.3, -0.25) is 0 Å². The number of fused-ring (bicyclic) bond motifs is 4. The first-order valence-electron chi connectivity index (χ1n) is 11.3. The first-order valence-corrected chi connectivity index (χ1v) is 14.1. The second-order valence-corrected chi connectivity index (χ2v) is 11.7. The zero-order valence-corrected chi connectivity index (χ0v) is 20.7. The van der Waals surface area contributed by atoms with Gasteiger partial charge < -0.3 is 0 Å². The van der Waals surface area contributed by atoms with E-state index in [-0.39, 0.29) is 0 Å². The Bertz CT molecular complexity index is 1840. The topological polar surface area (TPSA) is 68.3 Å². The van der Waals surface area contributed by atoms with Crippen LogP contribution in [-0.4, -0.2) is 16.8 Å². The van der Waals surface area contributed by atoms with Gasteiger partial charge in [0.15, 0.2) is 0 Å². The van der Waals surface area contributed by atoms with Crippen LogP contribution in [0.2, 0.25) is 0 Å². The fourth-order valence-corrected chi connectivity index (χ4v) is 6.41. The largest absolute Gasteiger partial charge is 0.332 e. The Morgan fingerprint density at radius 2 is 0.946 bits per heavy atom. The Morgan fingerprint density at radius 3 is 1.46 bits per heavy atom. The maximum Gasteiger partial charge on any atom is 0.332 e. The van der Waals surface area contributed by atoms with E-state index in [0.29, 0.717) is 11.1 Å². The van der Waals surface area contributed by atoms with Crippen LogP contribution in [0.25, 0.3) is 21.9 Å². The van der Waals surface area contributed by atoms with Crippen molar-refractivity contribution in [2.45, 2.75) is 15.2 Å². The highest BCUT2D eigenvalue weighted by molar-refractivity contribution is 7.86. The Balaban J connectivity index is 1.74. The highest BCUT2D eigenvalue weighted by Gasteiger charge is 2.46.